The molecule has 1 heterocycles. The van der Waals surface area contributed by atoms with Gasteiger partial charge in [0.2, 0.25) is 0 Å². The minimum Gasteiger partial charge on any atom is -0.478 e. The minimum absolute atomic E-state index is 0.0669. The molecule has 0 unspecified atom stereocenters. The first kappa shape index (κ1) is 27.4. The molecule has 7 heteroatoms. The van der Waals surface area contributed by atoms with Crippen molar-refractivity contribution in [3.8, 4) is 11.1 Å². The van der Waals surface area contributed by atoms with Gasteiger partial charge in [-0.05, 0) is 66.6 Å². The number of nitrogens with zero attached hydrogens (tertiary/aromatic N) is 3. The molecule has 3 aromatic carbocycles. The third-order valence-electron chi connectivity index (χ3n) is 7.97. The van der Waals surface area contributed by atoms with Gasteiger partial charge in [0.1, 0.15) is 5.82 Å². The molecule has 1 aromatic heterocycles. The SMILES string of the molecule is CCCc1nc2c(C)cc(N(C)C(=O)NC3CCCCC3)cc2n1Cc1ccc(-c2ccccc2C(=O)O)cc1. The zero-order valence-corrected chi connectivity index (χ0v) is 23.6. The van der Waals surface area contributed by atoms with Gasteiger partial charge in [-0.15, -0.1) is 0 Å². The molecule has 1 fully saturated rings. The highest BCUT2D eigenvalue weighted by Gasteiger charge is 2.21. The Morgan fingerprint density at radius 3 is 2.48 bits per heavy atom. The number of aryl methyl sites for hydroxylation is 2. The molecular formula is C33H38N4O3. The maximum absolute atomic E-state index is 13.1. The van der Waals surface area contributed by atoms with Crippen LogP contribution < -0.4 is 10.2 Å². The smallest absolute Gasteiger partial charge is 0.336 e. The predicted octanol–water partition coefficient (Wildman–Crippen LogP) is 7.19. The average molecular weight is 539 g/mol. The highest BCUT2D eigenvalue weighted by Crippen LogP contribution is 2.29. The Bertz CT molecular complexity index is 1520. The van der Waals surface area contributed by atoms with Gasteiger partial charge in [-0.1, -0.05) is 68.7 Å². The molecule has 1 aliphatic rings. The van der Waals surface area contributed by atoms with Gasteiger partial charge >= 0.3 is 12.0 Å². The summed E-state index contributed by atoms with van der Waals surface area (Å²) in [7, 11) is 1.83. The molecule has 4 aromatic rings. The maximum atomic E-state index is 13.1. The largest absolute Gasteiger partial charge is 0.478 e. The Balaban J connectivity index is 1.45. The van der Waals surface area contributed by atoms with Crippen LogP contribution in [0.2, 0.25) is 0 Å². The van der Waals surface area contributed by atoms with E-state index >= 15 is 0 Å². The molecule has 208 valence electrons. The first-order chi connectivity index (χ1) is 19.4. The van der Waals surface area contributed by atoms with Crippen LogP contribution >= 0.6 is 0 Å². The third kappa shape index (κ3) is 5.74. The summed E-state index contributed by atoms with van der Waals surface area (Å²) in [4.78, 5) is 31.5. The number of urea groups is 1. The van der Waals surface area contributed by atoms with Crippen molar-refractivity contribution in [2.75, 3.05) is 11.9 Å². The van der Waals surface area contributed by atoms with E-state index < -0.39 is 5.97 Å². The van der Waals surface area contributed by atoms with Crippen LogP contribution in [0.5, 0.6) is 0 Å². The zero-order valence-electron chi connectivity index (χ0n) is 23.6. The molecule has 1 aliphatic carbocycles. The van der Waals surface area contributed by atoms with Gasteiger partial charge < -0.3 is 15.0 Å². The van der Waals surface area contributed by atoms with E-state index in [0.29, 0.717) is 17.7 Å². The van der Waals surface area contributed by atoms with Crippen molar-refractivity contribution in [3.05, 3.63) is 83.2 Å². The standard InChI is InChI=1S/C33H38N4O3/c1-4-10-30-35-31-22(2)19-26(36(3)33(40)34-25-11-6-5-7-12-25)20-29(31)37(30)21-23-15-17-24(18-16-23)27-13-8-9-14-28(27)32(38)39/h8-9,13-20,25H,4-7,10-12,21H2,1-3H3,(H,34,40)(H,38,39). The number of amides is 2. The van der Waals surface area contributed by atoms with Gasteiger partial charge in [-0.2, -0.15) is 0 Å². The van der Waals surface area contributed by atoms with Crippen molar-refractivity contribution >= 4 is 28.7 Å². The number of hydrogen-bond donors (Lipinski definition) is 2. The van der Waals surface area contributed by atoms with Crippen LogP contribution in [0.4, 0.5) is 10.5 Å². The number of nitrogens with one attached hydrogen (secondary N) is 1. The van der Waals surface area contributed by atoms with Crippen LogP contribution in [0.1, 0.15) is 72.8 Å². The van der Waals surface area contributed by atoms with Crippen LogP contribution in [-0.2, 0) is 13.0 Å². The lowest BCUT2D eigenvalue weighted by Gasteiger charge is -2.26. The fourth-order valence-electron chi connectivity index (χ4n) is 5.74. The molecule has 0 atom stereocenters. The van der Waals surface area contributed by atoms with Crippen molar-refractivity contribution < 1.29 is 14.7 Å². The number of carboxylic acid groups (broad SMARTS) is 1. The number of carboxylic acids is 1. The maximum Gasteiger partial charge on any atom is 0.336 e. The van der Waals surface area contributed by atoms with E-state index in [1.165, 1.54) is 19.3 Å². The summed E-state index contributed by atoms with van der Waals surface area (Å²) in [5.41, 5.74) is 6.83. The fraction of sp³-hybridized carbons (Fsp3) is 0.364. The van der Waals surface area contributed by atoms with Gasteiger partial charge in [0.15, 0.2) is 0 Å². The lowest BCUT2D eigenvalue weighted by Crippen LogP contribution is -2.44. The number of imidazole rings is 1. The van der Waals surface area contributed by atoms with E-state index in [-0.39, 0.29) is 12.1 Å². The molecule has 0 spiro atoms. The average Bonchev–Trinajstić information content (AvgIpc) is 3.31. The second-order valence-electron chi connectivity index (χ2n) is 10.9. The van der Waals surface area contributed by atoms with Crippen LogP contribution in [-0.4, -0.2) is 39.7 Å². The second-order valence-corrected chi connectivity index (χ2v) is 10.9. The number of aromatic carboxylic acids is 1. The van der Waals surface area contributed by atoms with Crippen molar-refractivity contribution in [1.29, 1.82) is 0 Å². The van der Waals surface area contributed by atoms with Crippen molar-refractivity contribution in [1.82, 2.24) is 14.9 Å². The Morgan fingerprint density at radius 2 is 1.77 bits per heavy atom. The zero-order chi connectivity index (χ0) is 28.2. The summed E-state index contributed by atoms with van der Waals surface area (Å²) >= 11 is 0. The highest BCUT2D eigenvalue weighted by molar-refractivity contribution is 5.96. The summed E-state index contributed by atoms with van der Waals surface area (Å²) in [5, 5.41) is 12.8. The fourth-order valence-corrected chi connectivity index (χ4v) is 5.74. The summed E-state index contributed by atoms with van der Waals surface area (Å²) < 4.78 is 2.25. The topological polar surface area (TPSA) is 87.5 Å². The number of carbonyl (C=O) groups is 2. The van der Waals surface area contributed by atoms with Crippen LogP contribution in [0, 0.1) is 6.92 Å². The van der Waals surface area contributed by atoms with E-state index in [9.17, 15) is 14.7 Å². The molecule has 5 rings (SSSR count). The molecule has 0 aliphatic heterocycles. The molecule has 40 heavy (non-hydrogen) atoms. The molecule has 2 N–H and O–H groups in total. The highest BCUT2D eigenvalue weighted by atomic mass is 16.4. The lowest BCUT2D eigenvalue weighted by molar-refractivity contribution is 0.0697. The van der Waals surface area contributed by atoms with Gasteiger partial charge in [0.05, 0.1) is 16.6 Å². The first-order valence-electron chi connectivity index (χ1n) is 14.3. The molecule has 0 radical (unpaired) electrons. The Hall–Kier alpha value is -4.13. The second kappa shape index (κ2) is 11.9. The number of hydrogen-bond acceptors (Lipinski definition) is 3. The molecular weight excluding hydrogens is 500 g/mol. The lowest BCUT2D eigenvalue weighted by atomic mass is 9.96. The van der Waals surface area contributed by atoms with Crippen LogP contribution in [0.3, 0.4) is 0 Å². The number of anilines is 1. The monoisotopic (exact) mass is 538 g/mol. The summed E-state index contributed by atoms with van der Waals surface area (Å²) in [5.74, 6) is 0.0877. The van der Waals surface area contributed by atoms with Crippen molar-refractivity contribution in [2.45, 2.75) is 71.4 Å². The normalized spacial score (nSPS) is 13.9. The number of fused-ring (bicyclic) bond motifs is 1. The number of aromatic nitrogens is 2. The molecule has 2 amide bonds. The molecule has 7 nitrogen and oxygen atoms in total. The Kier molecular flexibility index (Phi) is 8.19. The summed E-state index contributed by atoms with van der Waals surface area (Å²) in [6.07, 6.45) is 7.52. The Labute approximate surface area is 235 Å². The van der Waals surface area contributed by atoms with Gasteiger partial charge in [0, 0.05) is 31.7 Å². The molecule has 0 bridgehead atoms. The summed E-state index contributed by atoms with van der Waals surface area (Å²) in [6, 6.07) is 19.4. The van der Waals surface area contributed by atoms with E-state index in [4.69, 9.17) is 4.98 Å². The number of benzene rings is 3. The first-order valence-corrected chi connectivity index (χ1v) is 14.3. The number of carbonyl (C=O) groups excluding carboxylic acids is 1. The van der Waals surface area contributed by atoms with Crippen LogP contribution in [0.25, 0.3) is 22.2 Å². The van der Waals surface area contributed by atoms with E-state index in [1.807, 2.05) is 37.4 Å². The molecule has 0 saturated heterocycles. The van der Waals surface area contributed by atoms with Gasteiger partial charge in [0.25, 0.3) is 0 Å². The van der Waals surface area contributed by atoms with Crippen molar-refractivity contribution in [2.24, 2.45) is 0 Å². The summed E-state index contributed by atoms with van der Waals surface area (Å²) in [6.45, 7) is 4.84. The van der Waals surface area contributed by atoms with E-state index in [2.05, 4.69) is 41.9 Å². The van der Waals surface area contributed by atoms with Gasteiger partial charge in [-0.3, -0.25) is 4.90 Å². The van der Waals surface area contributed by atoms with E-state index in [0.717, 1.165) is 64.9 Å². The third-order valence-corrected chi connectivity index (χ3v) is 7.97. The van der Waals surface area contributed by atoms with E-state index in [1.54, 1.807) is 17.0 Å². The Morgan fingerprint density at radius 1 is 1.05 bits per heavy atom. The molecule has 1 saturated carbocycles. The minimum atomic E-state index is -0.933. The number of rotatable bonds is 8. The van der Waals surface area contributed by atoms with Crippen LogP contribution in [0.15, 0.2) is 60.7 Å². The van der Waals surface area contributed by atoms with Gasteiger partial charge in [-0.25, -0.2) is 14.6 Å². The van der Waals surface area contributed by atoms with Crippen molar-refractivity contribution in [3.63, 3.8) is 0 Å². The predicted molar refractivity (Wildman–Crippen MR) is 160 cm³/mol. The quantitative estimate of drug-likeness (QED) is 0.249.